The predicted octanol–water partition coefficient (Wildman–Crippen LogP) is 3.95. The van der Waals surface area contributed by atoms with Crippen LogP contribution < -0.4 is 5.73 Å². The molecule has 6 heteroatoms. The largest absolute Gasteiger partial charge is 0.462 e. The molecule has 0 aliphatic heterocycles. The molecule has 2 aromatic carbocycles. The highest BCUT2D eigenvalue weighted by atomic mass is 16.5. The number of hydrogen-bond acceptors (Lipinski definition) is 5. The van der Waals surface area contributed by atoms with Gasteiger partial charge < -0.3 is 15.0 Å². The summed E-state index contributed by atoms with van der Waals surface area (Å²) < 4.78 is 7.09. The predicted molar refractivity (Wildman–Crippen MR) is 106 cm³/mol. The summed E-state index contributed by atoms with van der Waals surface area (Å²) in [6.07, 6.45) is 0. The van der Waals surface area contributed by atoms with E-state index in [-0.39, 0.29) is 18.2 Å². The van der Waals surface area contributed by atoms with E-state index in [4.69, 9.17) is 15.5 Å². The average molecular weight is 360 g/mol. The van der Waals surface area contributed by atoms with E-state index in [1.54, 1.807) is 6.92 Å². The number of carbonyl (C=O) groups excluding carboxylic acids is 1. The summed E-state index contributed by atoms with van der Waals surface area (Å²) >= 11 is 0. The van der Waals surface area contributed by atoms with E-state index in [0.29, 0.717) is 22.5 Å². The summed E-state index contributed by atoms with van der Waals surface area (Å²) in [6.45, 7) is 4.05. The van der Waals surface area contributed by atoms with Crippen LogP contribution in [0.25, 0.3) is 22.2 Å². The van der Waals surface area contributed by atoms with E-state index in [9.17, 15) is 4.79 Å². The van der Waals surface area contributed by atoms with Gasteiger partial charge in [-0.1, -0.05) is 42.5 Å². The van der Waals surface area contributed by atoms with Crippen molar-refractivity contribution in [3.05, 3.63) is 65.7 Å². The number of nitrogens with zero attached hydrogens (tertiary/aromatic N) is 3. The average Bonchev–Trinajstić information content (AvgIpc) is 2.97. The Kier molecular flexibility index (Phi) is 4.24. The molecule has 0 spiro atoms. The molecule has 27 heavy (non-hydrogen) atoms. The fourth-order valence-corrected chi connectivity index (χ4v) is 3.36. The molecule has 2 aromatic heterocycles. The van der Waals surface area contributed by atoms with Crippen molar-refractivity contribution in [2.75, 3.05) is 12.3 Å². The lowest BCUT2D eigenvalue weighted by molar-refractivity contribution is 0.0529. The van der Waals surface area contributed by atoms with Crippen molar-refractivity contribution in [3.8, 4) is 0 Å². The summed E-state index contributed by atoms with van der Waals surface area (Å²) in [5.41, 5.74) is 10.3. The number of benzene rings is 2. The lowest BCUT2D eigenvalue weighted by Crippen LogP contribution is -2.13. The number of aromatic nitrogens is 3. The van der Waals surface area contributed by atoms with Gasteiger partial charge in [0.25, 0.3) is 0 Å². The second-order valence-electron chi connectivity index (χ2n) is 6.32. The Morgan fingerprint density at radius 3 is 2.37 bits per heavy atom. The van der Waals surface area contributed by atoms with Gasteiger partial charge in [0, 0.05) is 0 Å². The van der Waals surface area contributed by atoms with E-state index in [1.165, 1.54) is 0 Å². The maximum Gasteiger partial charge on any atom is 0.344 e. The molecular formula is C21H20N4O2. The molecule has 2 N–H and O–H groups in total. The quantitative estimate of drug-likeness (QED) is 0.557. The first-order valence-corrected chi connectivity index (χ1v) is 8.90. The van der Waals surface area contributed by atoms with E-state index in [1.807, 2.05) is 66.1 Å². The lowest BCUT2D eigenvalue weighted by atomic mass is 10.1. The molecule has 0 saturated carbocycles. The molecule has 0 aliphatic rings. The topological polar surface area (TPSA) is 83.0 Å². The molecular weight excluding hydrogens is 340 g/mol. The second-order valence-corrected chi connectivity index (χ2v) is 6.32. The molecule has 0 radical (unpaired) electrons. The normalized spacial score (nSPS) is 12.4. The molecule has 0 fully saturated rings. The van der Waals surface area contributed by atoms with Crippen LogP contribution in [0.2, 0.25) is 0 Å². The van der Waals surface area contributed by atoms with Gasteiger partial charge in [0.05, 0.1) is 23.7 Å². The van der Waals surface area contributed by atoms with Crippen LogP contribution in [0.3, 0.4) is 0 Å². The highest BCUT2D eigenvalue weighted by molar-refractivity contribution is 6.08. The number of nitrogen functional groups attached to an aromatic ring is 1. The smallest absolute Gasteiger partial charge is 0.344 e. The van der Waals surface area contributed by atoms with Crippen molar-refractivity contribution in [2.24, 2.45) is 0 Å². The number of ether oxygens (including phenoxy) is 1. The molecule has 4 rings (SSSR count). The zero-order valence-electron chi connectivity index (χ0n) is 15.2. The SMILES string of the molecule is CCOC(=O)c1c(N)n(C(C)c2ccccc2)c2nc3ccccc3nc12. The van der Waals surface area contributed by atoms with Crippen LogP contribution in [0.1, 0.15) is 35.8 Å². The van der Waals surface area contributed by atoms with Gasteiger partial charge >= 0.3 is 5.97 Å². The first kappa shape index (κ1) is 17.0. The number of rotatable bonds is 4. The number of anilines is 1. The maximum absolute atomic E-state index is 12.6. The Morgan fingerprint density at radius 1 is 1.07 bits per heavy atom. The third-order valence-corrected chi connectivity index (χ3v) is 4.68. The Labute approximate surface area is 156 Å². The van der Waals surface area contributed by atoms with Crippen LogP contribution in [0.15, 0.2) is 54.6 Å². The van der Waals surface area contributed by atoms with Gasteiger partial charge in [-0.2, -0.15) is 0 Å². The molecule has 0 aliphatic carbocycles. The first-order valence-electron chi connectivity index (χ1n) is 8.90. The van der Waals surface area contributed by atoms with E-state index < -0.39 is 5.97 Å². The van der Waals surface area contributed by atoms with Gasteiger partial charge in [-0.15, -0.1) is 0 Å². The summed E-state index contributed by atoms with van der Waals surface area (Å²) in [6, 6.07) is 17.4. The van der Waals surface area contributed by atoms with Crippen LogP contribution in [-0.2, 0) is 4.74 Å². The van der Waals surface area contributed by atoms with Crippen molar-refractivity contribution in [1.29, 1.82) is 0 Å². The number of esters is 1. The Hall–Kier alpha value is -3.41. The molecule has 136 valence electrons. The van der Waals surface area contributed by atoms with Gasteiger partial charge in [0.1, 0.15) is 16.9 Å². The molecule has 4 aromatic rings. The molecule has 0 amide bonds. The van der Waals surface area contributed by atoms with Gasteiger partial charge in [-0.3, -0.25) is 0 Å². The number of fused-ring (bicyclic) bond motifs is 2. The summed E-state index contributed by atoms with van der Waals surface area (Å²) in [4.78, 5) is 22.0. The molecule has 0 bridgehead atoms. The zero-order chi connectivity index (χ0) is 19.0. The van der Waals surface area contributed by atoms with Crippen LogP contribution in [-0.4, -0.2) is 27.1 Å². The zero-order valence-corrected chi connectivity index (χ0v) is 15.2. The van der Waals surface area contributed by atoms with Crippen molar-refractivity contribution >= 4 is 34.0 Å². The summed E-state index contributed by atoms with van der Waals surface area (Å²) in [5.74, 6) is -0.168. The minimum Gasteiger partial charge on any atom is -0.462 e. The highest BCUT2D eigenvalue weighted by Gasteiger charge is 2.27. The van der Waals surface area contributed by atoms with Crippen LogP contribution in [0, 0.1) is 0 Å². The molecule has 1 unspecified atom stereocenters. The monoisotopic (exact) mass is 360 g/mol. The second kappa shape index (κ2) is 6.72. The van der Waals surface area contributed by atoms with Gasteiger partial charge in [-0.05, 0) is 31.5 Å². The van der Waals surface area contributed by atoms with Crippen molar-refractivity contribution in [3.63, 3.8) is 0 Å². The van der Waals surface area contributed by atoms with Crippen LogP contribution >= 0.6 is 0 Å². The molecule has 2 heterocycles. The maximum atomic E-state index is 12.6. The van der Waals surface area contributed by atoms with Crippen LogP contribution in [0.4, 0.5) is 5.82 Å². The molecule has 1 atom stereocenters. The van der Waals surface area contributed by atoms with Crippen molar-refractivity contribution in [1.82, 2.24) is 14.5 Å². The summed E-state index contributed by atoms with van der Waals surface area (Å²) in [5, 5.41) is 0. The van der Waals surface area contributed by atoms with Crippen molar-refractivity contribution in [2.45, 2.75) is 19.9 Å². The van der Waals surface area contributed by atoms with Crippen LogP contribution in [0.5, 0.6) is 0 Å². The number of para-hydroxylation sites is 2. The molecule has 6 nitrogen and oxygen atoms in total. The molecule has 0 saturated heterocycles. The van der Waals surface area contributed by atoms with Gasteiger partial charge in [-0.25, -0.2) is 14.8 Å². The third-order valence-electron chi connectivity index (χ3n) is 4.68. The van der Waals surface area contributed by atoms with Gasteiger partial charge in [0.2, 0.25) is 0 Å². The summed E-state index contributed by atoms with van der Waals surface area (Å²) in [7, 11) is 0. The highest BCUT2D eigenvalue weighted by Crippen LogP contribution is 2.33. The Morgan fingerprint density at radius 2 is 1.70 bits per heavy atom. The fourth-order valence-electron chi connectivity index (χ4n) is 3.36. The first-order chi connectivity index (χ1) is 13.1. The third kappa shape index (κ3) is 2.79. The van der Waals surface area contributed by atoms with Crippen molar-refractivity contribution < 1.29 is 9.53 Å². The van der Waals surface area contributed by atoms with Gasteiger partial charge in [0.15, 0.2) is 5.65 Å². The Balaban J connectivity index is 2.03. The number of carbonyl (C=O) groups is 1. The minimum atomic E-state index is -0.483. The van der Waals surface area contributed by atoms with E-state index >= 15 is 0 Å². The Bertz CT molecular complexity index is 1140. The standard InChI is InChI=1S/C21H20N4O2/c1-3-27-21(26)17-18-20(24-16-12-8-7-11-15(16)23-18)25(19(17)22)13(2)14-9-5-4-6-10-14/h4-13H,3,22H2,1-2H3. The minimum absolute atomic E-state index is 0.118. The van der Waals surface area contributed by atoms with E-state index in [2.05, 4.69) is 4.98 Å². The number of nitrogens with two attached hydrogens (primary N) is 1. The van der Waals surface area contributed by atoms with E-state index in [0.717, 1.165) is 11.1 Å². The number of hydrogen-bond donors (Lipinski definition) is 1. The lowest BCUT2D eigenvalue weighted by Gasteiger charge is -2.17. The fraction of sp³-hybridized carbons (Fsp3) is 0.190.